The van der Waals surface area contributed by atoms with Crippen molar-refractivity contribution in [1.82, 2.24) is 14.5 Å². The molecule has 2 fully saturated rings. The number of hydrogen-bond acceptors (Lipinski definition) is 5. The standard InChI is InChI=1S/C23H31N3O4S/c1-15-21(16(2)25-24-15)31(27,28)26-11-9-23(10-12-26)13-18-20(29-14-23)17-7-5-6-8-19(17)30-22(18,3)4/h5-8,18,20H,9-14H2,1-4H3,(H,24,25)/t18-,20+/m0/s1. The highest BCUT2D eigenvalue weighted by atomic mass is 32.2. The van der Waals surface area contributed by atoms with Crippen molar-refractivity contribution >= 4 is 10.0 Å². The molecule has 0 saturated carbocycles. The van der Waals surface area contributed by atoms with Gasteiger partial charge in [0.2, 0.25) is 10.0 Å². The number of aromatic nitrogens is 2. The molecule has 0 radical (unpaired) electrons. The van der Waals surface area contributed by atoms with Crippen LogP contribution in [0.3, 0.4) is 0 Å². The summed E-state index contributed by atoms with van der Waals surface area (Å²) in [6.07, 6.45) is 2.60. The van der Waals surface area contributed by atoms with Crippen LogP contribution in [0, 0.1) is 25.2 Å². The van der Waals surface area contributed by atoms with E-state index in [2.05, 4.69) is 30.1 Å². The van der Waals surface area contributed by atoms with Crippen LogP contribution in [0.2, 0.25) is 0 Å². The van der Waals surface area contributed by atoms with Gasteiger partial charge in [0.25, 0.3) is 0 Å². The van der Waals surface area contributed by atoms with Gasteiger partial charge in [-0.1, -0.05) is 18.2 Å². The first kappa shape index (κ1) is 21.0. The zero-order valence-electron chi connectivity index (χ0n) is 18.6. The van der Waals surface area contributed by atoms with E-state index in [4.69, 9.17) is 9.47 Å². The summed E-state index contributed by atoms with van der Waals surface area (Å²) >= 11 is 0. The third kappa shape index (κ3) is 3.31. The summed E-state index contributed by atoms with van der Waals surface area (Å²) in [5.74, 6) is 1.15. The lowest BCUT2D eigenvalue weighted by Gasteiger charge is -2.54. The van der Waals surface area contributed by atoms with Crippen molar-refractivity contribution < 1.29 is 17.9 Å². The topological polar surface area (TPSA) is 84.5 Å². The number of benzene rings is 1. The Hall–Kier alpha value is -1.90. The van der Waals surface area contributed by atoms with Crippen molar-refractivity contribution in [3.8, 4) is 5.75 Å². The van der Waals surface area contributed by atoms with Crippen LogP contribution in [0.25, 0.3) is 0 Å². The normalized spacial score (nSPS) is 27.4. The van der Waals surface area contributed by atoms with E-state index in [0.29, 0.717) is 36.0 Å². The summed E-state index contributed by atoms with van der Waals surface area (Å²) in [6, 6.07) is 8.16. The number of nitrogens with one attached hydrogen (secondary N) is 1. The van der Waals surface area contributed by atoms with Crippen LogP contribution in [0.15, 0.2) is 29.2 Å². The van der Waals surface area contributed by atoms with Crippen molar-refractivity contribution in [3.63, 3.8) is 0 Å². The molecule has 3 aliphatic heterocycles. The molecule has 2 saturated heterocycles. The molecule has 7 nitrogen and oxygen atoms in total. The summed E-state index contributed by atoms with van der Waals surface area (Å²) < 4.78 is 41.0. The third-order valence-corrected chi connectivity index (χ3v) is 9.68. The van der Waals surface area contributed by atoms with Gasteiger partial charge in [0.1, 0.15) is 16.2 Å². The van der Waals surface area contributed by atoms with Gasteiger partial charge < -0.3 is 9.47 Å². The summed E-state index contributed by atoms with van der Waals surface area (Å²) in [4.78, 5) is 0.321. The number of nitrogens with zero attached hydrogens (tertiary/aromatic N) is 2. The monoisotopic (exact) mass is 445 g/mol. The Morgan fingerprint density at radius 3 is 2.55 bits per heavy atom. The Kier molecular flexibility index (Phi) is 4.77. The molecule has 0 bridgehead atoms. The van der Waals surface area contributed by atoms with E-state index in [9.17, 15) is 8.42 Å². The first-order valence-electron chi connectivity index (χ1n) is 11.0. The second-order valence-corrected chi connectivity index (χ2v) is 11.8. The molecule has 0 amide bonds. The molecular formula is C23H31N3O4S. The van der Waals surface area contributed by atoms with Gasteiger partial charge in [-0.15, -0.1) is 0 Å². The van der Waals surface area contributed by atoms with Gasteiger partial charge in [-0.25, -0.2) is 8.42 Å². The number of aromatic amines is 1. The predicted molar refractivity (Wildman–Crippen MR) is 116 cm³/mol. The van der Waals surface area contributed by atoms with Gasteiger partial charge in [0.05, 0.1) is 24.1 Å². The molecule has 8 heteroatoms. The summed E-state index contributed by atoms with van der Waals surface area (Å²) in [7, 11) is -3.55. The predicted octanol–water partition coefficient (Wildman–Crippen LogP) is 3.75. The second kappa shape index (κ2) is 7.05. The van der Waals surface area contributed by atoms with Crippen LogP contribution in [0.4, 0.5) is 0 Å². The van der Waals surface area contributed by atoms with Gasteiger partial charge in [-0.05, 0) is 58.4 Å². The number of aryl methyl sites for hydroxylation is 2. The average Bonchev–Trinajstić information content (AvgIpc) is 3.07. The van der Waals surface area contributed by atoms with Crippen molar-refractivity contribution in [1.29, 1.82) is 0 Å². The molecule has 1 aromatic heterocycles. The number of sulfonamides is 1. The van der Waals surface area contributed by atoms with Crippen LogP contribution in [0.5, 0.6) is 5.75 Å². The van der Waals surface area contributed by atoms with Crippen LogP contribution in [0.1, 0.15) is 56.2 Å². The fourth-order valence-electron chi connectivity index (χ4n) is 5.70. The molecule has 168 valence electrons. The maximum absolute atomic E-state index is 13.2. The van der Waals surface area contributed by atoms with Gasteiger partial charge in [-0.2, -0.15) is 9.40 Å². The lowest BCUT2D eigenvalue weighted by Crippen LogP contribution is -2.54. The highest BCUT2D eigenvalue weighted by molar-refractivity contribution is 7.89. The molecule has 2 atom stereocenters. The average molecular weight is 446 g/mol. The molecule has 3 aliphatic rings. The smallest absolute Gasteiger partial charge is 0.246 e. The minimum atomic E-state index is -3.55. The van der Waals surface area contributed by atoms with Crippen molar-refractivity contribution in [2.75, 3.05) is 19.7 Å². The summed E-state index contributed by atoms with van der Waals surface area (Å²) in [5, 5.41) is 6.87. The van der Waals surface area contributed by atoms with E-state index < -0.39 is 10.0 Å². The SMILES string of the molecule is Cc1n[nH]c(C)c1S(=O)(=O)N1CCC2(CC1)CO[C@@H]1c3ccccc3OC(C)(C)[C@H]1C2. The van der Waals surface area contributed by atoms with Crippen molar-refractivity contribution in [3.05, 3.63) is 41.2 Å². The van der Waals surface area contributed by atoms with Crippen LogP contribution in [-0.4, -0.2) is 48.2 Å². The fraction of sp³-hybridized carbons (Fsp3) is 0.609. The largest absolute Gasteiger partial charge is 0.487 e. The fourth-order valence-corrected chi connectivity index (χ4v) is 7.47. The quantitative estimate of drug-likeness (QED) is 0.761. The molecule has 31 heavy (non-hydrogen) atoms. The molecule has 1 spiro atoms. The number of para-hydroxylation sites is 1. The van der Waals surface area contributed by atoms with Crippen LogP contribution in [-0.2, 0) is 14.8 Å². The molecular weight excluding hydrogens is 414 g/mol. The van der Waals surface area contributed by atoms with Gasteiger partial charge in [0, 0.05) is 24.6 Å². The first-order chi connectivity index (χ1) is 14.6. The maximum Gasteiger partial charge on any atom is 0.246 e. The van der Waals surface area contributed by atoms with Crippen molar-refractivity contribution in [2.45, 2.75) is 63.6 Å². The highest BCUT2D eigenvalue weighted by Crippen LogP contribution is 2.55. The Morgan fingerprint density at radius 2 is 1.87 bits per heavy atom. The number of hydrogen-bond donors (Lipinski definition) is 1. The van der Waals surface area contributed by atoms with E-state index >= 15 is 0 Å². The number of H-pyrrole nitrogens is 1. The first-order valence-corrected chi connectivity index (χ1v) is 12.5. The zero-order valence-corrected chi connectivity index (χ0v) is 19.5. The van der Waals surface area contributed by atoms with Gasteiger partial charge in [-0.3, -0.25) is 5.10 Å². The van der Waals surface area contributed by atoms with Crippen LogP contribution >= 0.6 is 0 Å². The maximum atomic E-state index is 13.2. The lowest BCUT2D eigenvalue weighted by molar-refractivity contribution is -0.172. The Bertz CT molecular complexity index is 1080. The molecule has 5 rings (SSSR count). The molecule has 1 aromatic carbocycles. The van der Waals surface area contributed by atoms with Crippen LogP contribution < -0.4 is 4.74 Å². The van der Waals surface area contributed by atoms with E-state index in [1.54, 1.807) is 18.2 Å². The number of ether oxygens (including phenoxy) is 2. The summed E-state index contributed by atoms with van der Waals surface area (Å²) in [5.41, 5.74) is 1.91. The minimum absolute atomic E-state index is 0.0133. The lowest BCUT2D eigenvalue weighted by atomic mass is 9.64. The Labute approximate surface area is 184 Å². The zero-order chi connectivity index (χ0) is 22.0. The Balaban J connectivity index is 1.35. The molecule has 0 unspecified atom stereocenters. The second-order valence-electron chi connectivity index (χ2n) is 9.95. The third-order valence-electron chi connectivity index (χ3n) is 7.52. The van der Waals surface area contributed by atoms with E-state index in [1.807, 2.05) is 18.2 Å². The van der Waals surface area contributed by atoms with Gasteiger partial charge >= 0.3 is 0 Å². The molecule has 0 aliphatic carbocycles. The number of fused-ring (bicyclic) bond motifs is 3. The van der Waals surface area contributed by atoms with E-state index in [1.165, 1.54) is 0 Å². The number of rotatable bonds is 2. The molecule has 4 heterocycles. The van der Waals surface area contributed by atoms with E-state index in [-0.39, 0.29) is 23.0 Å². The minimum Gasteiger partial charge on any atom is -0.487 e. The number of piperidine rings is 1. The Morgan fingerprint density at radius 1 is 1.16 bits per heavy atom. The van der Waals surface area contributed by atoms with Crippen molar-refractivity contribution in [2.24, 2.45) is 11.3 Å². The summed E-state index contributed by atoms with van der Waals surface area (Å²) in [6.45, 7) is 9.46. The van der Waals surface area contributed by atoms with Gasteiger partial charge in [0.15, 0.2) is 0 Å². The van der Waals surface area contributed by atoms with E-state index in [0.717, 1.165) is 30.6 Å². The highest BCUT2D eigenvalue weighted by Gasteiger charge is 2.53. The molecule has 1 N–H and O–H groups in total. The molecule has 2 aromatic rings.